The maximum atomic E-state index is 5.85. The van der Waals surface area contributed by atoms with Crippen molar-refractivity contribution in [2.24, 2.45) is 0 Å². The molecule has 0 aromatic carbocycles. The highest BCUT2D eigenvalue weighted by atomic mass is 32.2. The minimum Gasteiger partial charge on any atom is -0.376 e. The Hall–Kier alpha value is 0.460. The fourth-order valence-corrected chi connectivity index (χ4v) is 8.09. The fourth-order valence-electron chi connectivity index (χ4n) is 2.56. The van der Waals surface area contributed by atoms with Gasteiger partial charge in [0.25, 0.3) is 0 Å². The molecule has 0 spiro atoms. The Morgan fingerprint density at radius 2 is 0.667 bits per heavy atom. The third kappa shape index (κ3) is 9.14. The molecule has 0 bridgehead atoms. The van der Waals surface area contributed by atoms with Gasteiger partial charge >= 0.3 is 0 Å². The lowest BCUT2D eigenvalue weighted by Gasteiger charge is -2.06. The molecule has 30 heavy (non-hydrogen) atoms. The van der Waals surface area contributed by atoms with Crippen molar-refractivity contribution in [3.63, 3.8) is 0 Å². The molecular weight excluding hydrogens is 457 g/mol. The van der Waals surface area contributed by atoms with Crippen LogP contribution in [-0.4, -0.2) is 52.9 Å². The Bertz CT molecular complexity index is 516. The number of rotatable bonds is 16. The molecule has 4 nitrogen and oxygen atoms in total. The van der Waals surface area contributed by atoms with Gasteiger partial charge in [0.05, 0.1) is 34.9 Å². The SMILES string of the molecule is CCCOCC1=C(COCCC)SC(=C2SC(COCCC)=C(COCCC)S2)S1. The van der Waals surface area contributed by atoms with Gasteiger partial charge in [0.1, 0.15) is 0 Å². The predicted molar refractivity (Wildman–Crippen MR) is 136 cm³/mol. The number of hydrogen-bond donors (Lipinski definition) is 0. The molecule has 8 heteroatoms. The van der Waals surface area contributed by atoms with E-state index in [-0.39, 0.29) is 0 Å². The van der Waals surface area contributed by atoms with E-state index >= 15 is 0 Å². The Morgan fingerprint density at radius 1 is 0.433 bits per heavy atom. The minimum absolute atomic E-state index is 0.675. The van der Waals surface area contributed by atoms with E-state index in [0.717, 1.165) is 52.1 Å². The van der Waals surface area contributed by atoms with Gasteiger partial charge in [-0.05, 0) is 25.7 Å². The third-order valence-electron chi connectivity index (χ3n) is 3.98. The standard InChI is InChI=1S/C22H36O4S4/c1-5-9-23-13-17-18(14-24-10-6-2)28-21(27-17)22-29-19(15-25-11-7-3)20(30-22)16-26-12-8-4/h5-16H2,1-4H3. The topological polar surface area (TPSA) is 36.9 Å². The molecule has 0 N–H and O–H groups in total. The highest BCUT2D eigenvalue weighted by Crippen LogP contribution is 2.59. The molecule has 2 aliphatic heterocycles. The van der Waals surface area contributed by atoms with Crippen molar-refractivity contribution >= 4 is 47.0 Å². The summed E-state index contributed by atoms with van der Waals surface area (Å²) in [5.41, 5.74) is 0. The highest BCUT2D eigenvalue weighted by molar-refractivity contribution is 8.34. The summed E-state index contributed by atoms with van der Waals surface area (Å²) in [7, 11) is 0. The van der Waals surface area contributed by atoms with Gasteiger partial charge in [-0.3, -0.25) is 0 Å². The van der Waals surface area contributed by atoms with Gasteiger partial charge in [-0.1, -0.05) is 74.7 Å². The summed E-state index contributed by atoms with van der Waals surface area (Å²) < 4.78 is 26.1. The summed E-state index contributed by atoms with van der Waals surface area (Å²) >= 11 is 7.41. The van der Waals surface area contributed by atoms with Crippen LogP contribution >= 0.6 is 47.0 Å². The second kappa shape index (κ2) is 16.1. The molecule has 0 aromatic heterocycles. The average Bonchev–Trinajstić information content (AvgIpc) is 3.33. The molecule has 0 radical (unpaired) electrons. The number of thioether (sulfide) groups is 4. The van der Waals surface area contributed by atoms with Crippen molar-refractivity contribution in [1.29, 1.82) is 0 Å². The van der Waals surface area contributed by atoms with Crippen LogP contribution in [0, 0.1) is 0 Å². The first-order valence-corrected chi connectivity index (χ1v) is 14.2. The zero-order valence-corrected chi connectivity index (χ0v) is 22.0. The van der Waals surface area contributed by atoms with Crippen LogP contribution in [0.3, 0.4) is 0 Å². The molecule has 0 aliphatic carbocycles. The van der Waals surface area contributed by atoms with Gasteiger partial charge < -0.3 is 18.9 Å². The van der Waals surface area contributed by atoms with Crippen LogP contribution in [0.2, 0.25) is 0 Å². The predicted octanol–water partition coefficient (Wildman–Crippen LogP) is 7.20. The fraction of sp³-hybridized carbons (Fsp3) is 0.727. The van der Waals surface area contributed by atoms with Gasteiger partial charge in [0.15, 0.2) is 0 Å². The molecule has 0 fully saturated rings. The lowest BCUT2D eigenvalue weighted by atomic mass is 10.5. The number of hydrogen-bond acceptors (Lipinski definition) is 8. The van der Waals surface area contributed by atoms with E-state index in [4.69, 9.17) is 18.9 Å². The second-order valence-electron chi connectivity index (χ2n) is 6.89. The molecule has 172 valence electrons. The first kappa shape index (κ1) is 26.7. The van der Waals surface area contributed by atoms with Crippen LogP contribution in [0.25, 0.3) is 0 Å². The van der Waals surface area contributed by atoms with E-state index < -0.39 is 0 Å². The lowest BCUT2D eigenvalue weighted by molar-refractivity contribution is 0.152. The van der Waals surface area contributed by atoms with E-state index in [0.29, 0.717) is 26.4 Å². The van der Waals surface area contributed by atoms with E-state index in [1.54, 1.807) is 0 Å². The molecule has 0 aromatic rings. The van der Waals surface area contributed by atoms with Crippen molar-refractivity contribution in [3.8, 4) is 0 Å². The first-order valence-electron chi connectivity index (χ1n) is 10.9. The maximum Gasteiger partial charge on any atom is 0.0788 e. The summed E-state index contributed by atoms with van der Waals surface area (Å²) in [6.07, 6.45) is 4.16. The van der Waals surface area contributed by atoms with Gasteiger partial charge in [-0.15, -0.1) is 0 Å². The Balaban J connectivity index is 2.05. The summed E-state index contributed by atoms with van der Waals surface area (Å²) in [5.74, 6) is 0. The molecule has 2 aliphatic rings. The van der Waals surface area contributed by atoms with Crippen LogP contribution in [-0.2, 0) is 18.9 Å². The minimum atomic E-state index is 0.675. The number of ether oxygens (including phenoxy) is 4. The van der Waals surface area contributed by atoms with Crippen LogP contribution in [0.15, 0.2) is 28.1 Å². The Labute approximate surface area is 199 Å². The van der Waals surface area contributed by atoms with Gasteiger partial charge in [-0.25, -0.2) is 0 Å². The molecule has 0 unspecified atom stereocenters. The van der Waals surface area contributed by atoms with E-state index in [1.165, 1.54) is 28.1 Å². The second-order valence-corrected chi connectivity index (χ2v) is 11.8. The van der Waals surface area contributed by atoms with Crippen LogP contribution in [0.5, 0.6) is 0 Å². The van der Waals surface area contributed by atoms with Crippen LogP contribution in [0.1, 0.15) is 53.4 Å². The normalized spacial score (nSPS) is 17.2. The summed E-state index contributed by atoms with van der Waals surface area (Å²) in [5, 5.41) is 0. The molecular formula is C22H36O4S4. The first-order chi connectivity index (χ1) is 14.7. The smallest absolute Gasteiger partial charge is 0.0788 e. The van der Waals surface area contributed by atoms with Gasteiger partial charge in [0, 0.05) is 46.0 Å². The molecule has 0 atom stereocenters. The Morgan fingerprint density at radius 3 is 0.867 bits per heavy atom. The molecule has 0 amide bonds. The molecule has 0 saturated heterocycles. The van der Waals surface area contributed by atoms with E-state index in [2.05, 4.69) is 27.7 Å². The average molecular weight is 493 g/mol. The lowest BCUT2D eigenvalue weighted by Crippen LogP contribution is -2.01. The Kier molecular flexibility index (Phi) is 14.4. The van der Waals surface area contributed by atoms with Crippen LogP contribution in [0.4, 0.5) is 0 Å². The van der Waals surface area contributed by atoms with Crippen molar-refractivity contribution in [2.45, 2.75) is 53.4 Å². The monoisotopic (exact) mass is 492 g/mol. The van der Waals surface area contributed by atoms with Crippen molar-refractivity contribution < 1.29 is 18.9 Å². The highest BCUT2D eigenvalue weighted by Gasteiger charge is 2.30. The quantitative estimate of drug-likeness (QED) is 0.209. The summed E-state index contributed by atoms with van der Waals surface area (Å²) in [6, 6.07) is 0. The third-order valence-corrected chi connectivity index (χ3v) is 9.75. The van der Waals surface area contributed by atoms with Crippen LogP contribution < -0.4 is 0 Å². The molecule has 2 rings (SSSR count). The van der Waals surface area contributed by atoms with Crippen molar-refractivity contribution in [2.75, 3.05) is 52.9 Å². The van der Waals surface area contributed by atoms with E-state index in [1.807, 2.05) is 47.0 Å². The zero-order chi connectivity index (χ0) is 21.6. The maximum absolute atomic E-state index is 5.85. The molecule has 0 saturated carbocycles. The molecule has 2 heterocycles. The van der Waals surface area contributed by atoms with Gasteiger partial charge in [-0.2, -0.15) is 0 Å². The van der Waals surface area contributed by atoms with Crippen molar-refractivity contribution in [1.82, 2.24) is 0 Å². The van der Waals surface area contributed by atoms with E-state index in [9.17, 15) is 0 Å². The largest absolute Gasteiger partial charge is 0.376 e. The van der Waals surface area contributed by atoms with Crippen molar-refractivity contribution in [3.05, 3.63) is 28.1 Å². The van der Waals surface area contributed by atoms with Gasteiger partial charge in [0.2, 0.25) is 0 Å². The summed E-state index contributed by atoms with van der Waals surface area (Å²) in [6.45, 7) is 14.5. The zero-order valence-electron chi connectivity index (χ0n) is 18.8. The summed E-state index contributed by atoms with van der Waals surface area (Å²) in [4.78, 5) is 5.20.